The van der Waals surface area contributed by atoms with E-state index in [-0.39, 0.29) is 0 Å². The normalized spacial score (nSPS) is 19.8. The van der Waals surface area contributed by atoms with Gasteiger partial charge in [0.05, 0.1) is 13.2 Å². The van der Waals surface area contributed by atoms with Crippen LogP contribution < -0.4 is 5.32 Å². The van der Waals surface area contributed by atoms with Crippen molar-refractivity contribution in [3.63, 3.8) is 0 Å². The minimum absolute atomic E-state index is 0.438. The molecule has 0 aromatic heterocycles. The van der Waals surface area contributed by atoms with E-state index in [0.717, 1.165) is 32.8 Å². The fourth-order valence-electron chi connectivity index (χ4n) is 2.41. The number of ether oxygens (including phenoxy) is 1. The van der Waals surface area contributed by atoms with Gasteiger partial charge in [-0.25, -0.2) is 0 Å². The van der Waals surface area contributed by atoms with E-state index >= 15 is 0 Å². The summed E-state index contributed by atoms with van der Waals surface area (Å²) in [5.74, 6) is 0.446. The molecule has 1 fully saturated rings. The van der Waals surface area contributed by atoms with Crippen LogP contribution in [0.4, 0.5) is 0 Å². The van der Waals surface area contributed by atoms with Crippen LogP contribution in [0.3, 0.4) is 0 Å². The third kappa shape index (κ3) is 7.60. The molecule has 0 aromatic rings. The zero-order chi connectivity index (χ0) is 16.1. The number of nitrogens with zero attached hydrogens (tertiary/aromatic N) is 1. The number of rotatable bonds is 7. The van der Waals surface area contributed by atoms with E-state index in [1.54, 1.807) is 0 Å². The Kier molecular flexibility index (Phi) is 12.3. The highest BCUT2D eigenvalue weighted by atomic mass is 16.5. The van der Waals surface area contributed by atoms with Crippen molar-refractivity contribution in [1.29, 1.82) is 0 Å². The first-order chi connectivity index (χ1) is 10.2. The van der Waals surface area contributed by atoms with E-state index in [1.807, 2.05) is 40.0 Å². The number of morpholine rings is 1. The molecule has 3 heteroatoms. The lowest BCUT2D eigenvalue weighted by Gasteiger charge is -2.33. The average molecular weight is 294 g/mol. The highest BCUT2D eigenvalue weighted by Gasteiger charge is 2.21. The quantitative estimate of drug-likeness (QED) is 0.729. The summed E-state index contributed by atoms with van der Waals surface area (Å²) in [5, 5.41) is 3.45. The smallest absolute Gasteiger partial charge is 0.0594 e. The topological polar surface area (TPSA) is 24.5 Å². The lowest BCUT2D eigenvalue weighted by Crippen LogP contribution is -2.47. The van der Waals surface area contributed by atoms with Crippen molar-refractivity contribution in [2.45, 2.75) is 33.7 Å². The summed E-state index contributed by atoms with van der Waals surface area (Å²) in [6.45, 7) is 17.1. The lowest BCUT2D eigenvalue weighted by molar-refractivity contribution is 0.0319. The number of nitrogens with one attached hydrogen (secondary N) is 1. The third-order valence-electron chi connectivity index (χ3n) is 3.78. The summed E-state index contributed by atoms with van der Waals surface area (Å²) < 4.78 is 5.40. The molecule has 0 spiro atoms. The predicted molar refractivity (Wildman–Crippen MR) is 93.7 cm³/mol. The van der Waals surface area contributed by atoms with Crippen LogP contribution in [-0.4, -0.2) is 50.8 Å². The van der Waals surface area contributed by atoms with Crippen LogP contribution in [-0.2, 0) is 4.74 Å². The van der Waals surface area contributed by atoms with Crippen molar-refractivity contribution in [3.8, 4) is 0 Å². The first-order valence-electron chi connectivity index (χ1n) is 8.15. The Bertz CT molecular complexity index is 317. The van der Waals surface area contributed by atoms with Gasteiger partial charge in [0.2, 0.25) is 0 Å². The minimum Gasteiger partial charge on any atom is -0.379 e. The van der Waals surface area contributed by atoms with Crippen LogP contribution in [0.2, 0.25) is 0 Å². The van der Waals surface area contributed by atoms with Crippen LogP contribution in [0.25, 0.3) is 0 Å². The zero-order valence-corrected chi connectivity index (χ0v) is 14.6. The molecule has 0 saturated carbocycles. The molecule has 3 nitrogen and oxygen atoms in total. The number of likely N-dealkylation sites (N-methyl/N-ethyl adjacent to an activating group) is 1. The van der Waals surface area contributed by atoms with Gasteiger partial charge in [0, 0.05) is 25.7 Å². The second-order valence-corrected chi connectivity index (χ2v) is 4.99. The molecular formula is C18H34N2O. The van der Waals surface area contributed by atoms with Gasteiger partial charge in [-0.3, -0.25) is 4.90 Å². The van der Waals surface area contributed by atoms with Crippen LogP contribution >= 0.6 is 0 Å². The number of allylic oxidation sites excluding steroid dienone is 4. The monoisotopic (exact) mass is 294 g/mol. The van der Waals surface area contributed by atoms with Gasteiger partial charge in [-0.2, -0.15) is 0 Å². The van der Waals surface area contributed by atoms with Crippen molar-refractivity contribution in [3.05, 3.63) is 36.5 Å². The second-order valence-electron chi connectivity index (χ2n) is 4.99. The Morgan fingerprint density at radius 2 is 1.95 bits per heavy atom. The molecule has 0 amide bonds. The molecule has 1 aliphatic rings. The summed E-state index contributed by atoms with van der Waals surface area (Å²) >= 11 is 0. The summed E-state index contributed by atoms with van der Waals surface area (Å²) in [7, 11) is 2.04. The van der Waals surface area contributed by atoms with E-state index in [2.05, 4.69) is 35.9 Å². The van der Waals surface area contributed by atoms with Gasteiger partial charge < -0.3 is 10.1 Å². The summed E-state index contributed by atoms with van der Waals surface area (Å²) in [6, 6.07) is 0.438. The van der Waals surface area contributed by atoms with Crippen molar-refractivity contribution in [1.82, 2.24) is 10.2 Å². The van der Waals surface area contributed by atoms with Crippen molar-refractivity contribution in [2.75, 3.05) is 39.9 Å². The SMILES string of the molecule is C=C/C(=C\C=C/C)C(C)C(CN1CCOCC1)NC.CC. The molecule has 2 atom stereocenters. The van der Waals surface area contributed by atoms with E-state index in [0.29, 0.717) is 12.0 Å². The summed E-state index contributed by atoms with van der Waals surface area (Å²) in [4.78, 5) is 2.47. The summed E-state index contributed by atoms with van der Waals surface area (Å²) in [5.41, 5.74) is 1.28. The van der Waals surface area contributed by atoms with Crippen molar-refractivity contribution in [2.24, 2.45) is 5.92 Å². The van der Waals surface area contributed by atoms with Gasteiger partial charge in [-0.05, 0) is 25.5 Å². The fourth-order valence-corrected chi connectivity index (χ4v) is 2.41. The molecule has 21 heavy (non-hydrogen) atoms. The minimum atomic E-state index is 0.438. The van der Waals surface area contributed by atoms with Crippen molar-refractivity contribution < 1.29 is 4.74 Å². The van der Waals surface area contributed by atoms with E-state index in [9.17, 15) is 0 Å². The van der Waals surface area contributed by atoms with Crippen molar-refractivity contribution >= 4 is 0 Å². The lowest BCUT2D eigenvalue weighted by atomic mass is 9.92. The first kappa shape index (κ1) is 20.1. The van der Waals surface area contributed by atoms with Crippen LogP contribution in [0.1, 0.15) is 27.7 Å². The van der Waals surface area contributed by atoms with Gasteiger partial charge in [0.25, 0.3) is 0 Å². The van der Waals surface area contributed by atoms with E-state index in [4.69, 9.17) is 4.74 Å². The Balaban J connectivity index is 0.00000191. The molecule has 1 N–H and O–H groups in total. The molecule has 1 aliphatic heterocycles. The largest absolute Gasteiger partial charge is 0.379 e. The molecule has 122 valence electrons. The standard InChI is InChI=1S/C16H28N2O.C2H6/c1-5-7-8-15(6-2)14(3)16(17-4)13-18-9-11-19-12-10-18;1-2/h5-8,14,16-17H,2,9-13H2,1,3-4H3;1-2H3/b7-5-,15-8+;. The second kappa shape index (κ2) is 12.8. The molecule has 1 rings (SSSR count). The Labute approximate surface area is 131 Å². The molecule has 1 heterocycles. The van der Waals surface area contributed by atoms with E-state index in [1.165, 1.54) is 5.57 Å². The van der Waals surface area contributed by atoms with Gasteiger partial charge in [0.15, 0.2) is 0 Å². The van der Waals surface area contributed by atoms with Crippen LogP contribution in [0.15, 0.2) is 36.5 Å². The maximum atomic E-state index is 5.40. The highest BCUT2D eigenvalue weighted by Crippen LogP contribution is 2.17. The highest BCUT2D eigenvalue weighted by molar-refractivity contribution is 5.25. The molecule has 2 unspecified atom stereocenters. The Hall–Kier alpha value is -0.900. The van der Waals surface area contributed by atoms with Crippen LogP contribution in [0.5, 0.6) is 0 Å². The molecule has 0 radical (unpaired) electrons. The Morgan fingerprint density at radius 3 is 2.43 bits per heavy atom. The van der Waals surface area contributed by atoms with Gasteiger partial charge >= 0.3 is 0 Å². The van der Waals surface area contributed by atoms with Gasteiger partial charge in [-0.1, -0.05) is 51.7 Å². The number of hydrogen-bond acceptors (Lipinski definition) is 3. The predicted octanol–water partition coefficient (Wildman–Crippen LogP) is 3.26. The van der Waals surface area contributed by atoms with Gasteiger partial charge in [-0.15, -0.1) is 0 Å². The molecule has 0 aromatic carbocycles. The maximum absolute atomic E-state index is 5.40. The molecule has 0 bridgehead atoms. The maximum Gasteiger partial charge on any atom is 0.0594 e. The average Bonchev–Trinajstić information content (AvgIpc) is 2.56. The number of hydrogen-bond donors (Lipinski definition) is 1. The van der Waals surface area contributed by atoms with Gasteiger partial charge in [0.1, 0.15) is 0 Å². The summed E-state index contributed by atoms with van der Waals surface area (Å²) in [6.07, 6.45) is 8.25. The molecular weight excluding hydrogens is 260 g/mol. The fraction of sp³-hybridized carbons (Fsp3) is 0.667. The van der Waals surface area contributed by atoms with E-state index < -0.39 is 0 Å². The zero-order valence-electron chi connectivity index (χ0n) is 14.6. The molecule has 1 saturated heterocycles. The third-order valence-corrected chi connectivity index (χ3v) is 3.78. The van der Waals surface area contributed by atoms with Crippen LogP contribution in [0, 0.1) is 5.92 Å². The molecule has 0 aliphatic carbocycles. The first-order valence-corrected chi connectivity index (χ1v) is 8.15. The Morgan fingerprint density at radius 1 is 1.33 bits per heavy atom.